The molecule has 1 fully saturated rings. The van der Waals surface area contributed by atoms with Crippen LogP contribution in [-0.4, -0.2) is 58.9 Å². The van der Waals surface area contributed by atoms with Crippen LogP contribution in [0.25, 0.3) is 11.1 Å². The molecule has 2 aromatic rings. The third kappa shape index (κ3) is 4.13. The third-order valence-electron chi connectivity index (χ3n) is 4.31. The molecule has 1 aromatic carbocycles. The molecule has 2 heterocycles. The van der Waals surface area contributed by atoms with Crippen molar-refractivity contribution in [2.75, 3.05) is 39.0 Å². The maximum Gasteiger partial charge on any atom is 0.235 e. The monoisotopic (exact) mass is 346 g/mol. The second kappa shape index (κ2) is 7.77. The Morgan fingerprint density at radius 3 is 2.62 bits per heavy atom. The van der Waals surface area contributed by atoms with Crippen LogP contribution < -0.4 is 0 Å². The number of hydrogen-bond donors (Lipinski definition) is 0. The maximum absolute atomic E-state index is 12.5. The van der Waals surface area contributed by atoms with Crippen molar-refractivity contribution in [2.24, 2.45) is 0 Å². The Hall–Kier alpha value is -1.92. The van der Waals surface area contributed by atoms with E-state index >= 15 is 0 Å². The molecule has 1 aromatic heterocycles. The van der Waals surface area contributed by atoms with Gasteiger partial charge in [-0.3, -0.25) is 9.00 Å². The number of carbonyl (C=O) groups is 1. The van der Waals surface area contributed by atoms with Crippen molar-refractivity contribution >= 4 is 16.7 Å². The fourth-order valence-corrected chi connectivity index (χ4v) is 4.01. The lowest BCUT2D eigenvalue weighted by Crippen LogP contribution is -2.48. The SMILES string of the molecule is CN1CCN(C(=O)CS(=O)Cc2ccccc2-c2ccoc2)CC1. The topological polar surface area (TPSA) is 53.8 Å². The van der Waals surface area contributed by atoms with Crippen molar-refractivity contribution in [2.45, 2.75) is 5.75 Å². The molecule has 1 atom stereocenters. The standard InChI is InChI=1S/C18H22N2O3S/c1-19-7-9-20(10-8-19)18(21)14-24(22)13-16-4-2-3-5-17(16)15-6-11-23-12-15/h2-6,11-12H,7-10,13-14H2,1H3. The van der Waals surface area contributed by atoms with Crippen molar-refractivity contribution < 1.29 is 13.4 Å². The highest BCUT2D eigenvalue weighted by Crippen LogP contribution is 2.25. The number of carbonyl (C=O) groups excluding carboxylic acids is 1. The molecule has 24 heavy (non-hydrogen) atoms. The quantitative estimate of drug-likeness (QED) is 0.831. The van der Waals surface area contributed by atoms with Crippen LogP contribution in [0, 0.1) is 0 Å². The van der Waals surface area contributed by atoms with Crippen LogP contribution in [0.3, 0.4) is 0 Å². The first-order valence-electron chi connectivity index (χ1n) is 8.05. The van der Waals surface area contributed by atoms with Gasteiger partial charge in [0.1, 0.15) is 5.75 Å². The Morgan fingerprint density at radius 1 is 1.17 bits per heavy atom. The summed E-state index contributed by atoms with van der Waals surface area (Å²) in [7, 11) is 0.830. The van der Waals surface area contributed by atoms with Gasteiger partial charge in [-0.05, 0) is 24.2 Å². The summed E-state index contributed by atoms with van der Waals surface area (Å²) in [6.07, 6.45) is 3.30. The summed E-state index contributed by atoms with van der Waals surface area (Å²) in [5.74, 6) is 0.451. The highest BCUT2D eigenvalue weighted by atomic mass is 32.2. The highest BCUT2D eigenvalue weighted by Gasteiger charge is 2.21. The molecule has 0 spiro atoms. The molecule has 0 N–H and O–H groups in total. The smallest absolute Gasteiger partial charge is 0.235 e. The number of piperazine rings is 1. The van der Waals surface area contributed by atoms with Crippen molar-refractivity contribution in [1.82, 2.24) is 9.80 Å². The van der Waals surface area contributed by atoms with Gasteiger partial charge < -0.3 is 14.2 Å². The van der Waals surface area contributed by atoms with E-state index in [0.717, 1.165) is 42.9 Å². The Bertz CT molecular complexity index is 707. The summed E-state index contributed by atoms with van der Waals surface area (Å²) in [4.78, 5) is 16.3. The van der Waals surface area contributed by atoms with Crippen LogP contribution in [0.5, 0.6) is 0 Å². The molecule has 0 bridgehead atoms. The molecule has 3 rings (SSSR count). The zero-order valence-electron chi connectivity index (χ0n) is 13.8. The van der Waals surface area contributed by atoms with Gasteiger partial charge in [0, 0.05) is 48.3 Å². The lowest BCUT2D eigenvalue weighted by molar-refractivity contribution is -0.129. The molecule has 1 unspecified atom stereocenters. The Kier molecular flexibility index (Phi) is 5.48. The van der Waals surface area contributed by atoms with E-state index in [9.17, 15) is 9.00 Å². The minimum absolute atomic E-state index is 0.0118. The number of nitrogens with zero attached hydrogens (tertiary/aromatic N) is 2. The number of rotatable bonds is 5. The van der Waals surface area contributed by atoms with Crippen LogP contribution in [0.2, 0.25) is 0 Å². The summed E-state index contributed by atoms with van der Waals surface area (Å²) in [5, 5.41) is 0. The minimum Gasteiger partial charge on any atom is -0.472 e. The second-order valence-electron chi connectivity index (χ2n) is 6.08. The molecule has 1 amide bonds. The largest absolute Gasteiger partial charge is 0.472 e. The summed E-state index contributed by atoms with van der Waals surface area (Å²) in [6.45, 7) is 3.19. The van der Waals surface area contributed by atoms with Gasteiger partial charge in [0.05, 0.1) is 12.5 Å². The van der Waals surface area contributed by atoms with Crippen molar-refractivity contribution in [1.29, 1.82) is 0 Å². The number of hydrogen-bond acceptors (Lipinski definition) is 4. The van der Waals surface area contributed by atoms with E-state index in [1.807, 2.05) is 42.3 Å². The van der Waals surface area contributed by atoms with Gasteiger partial charge in [0.15, 0.2) is 0 Å². The average molecular weight is 346 g/mol. The van der Waals surface area contributed by atoms with Gasteiger partial charge in [-0.2, -0.15) is 0 Å². The maximum atomic E-state index is 12.5. The van der Waals surface area contributed by atoms with Crippen LogP contribution in [0.15, 0.2) is 47.3 Å². The zero-order valence-corrected chi connectivity index (χ0v) is 14.6. The molecular formula is C18H22N2O3S. The average Bonchev–Trinajstić information content (AvgIpc) is 3.10. The van der Waals surface area contributed by atoms with Crippen LogP contribution in [-0.2, 0) is 21.3 Å². The molecule has 128 valence electrons. The van der Waals surface area contributed by atoms with Gasteiger partial charge in [-0.25, -0.2) is 0 Å². The summed E-state index contributed by atoms with van der Waals surface area (Å²) < 4.78 is 17.6. The molecule has 6 heteroatoms. The van der Waals surface area contributed by atoms with Crippen LogP contribution in [0.1, 0.15) is 5.56 Å². The number of likely N-dealkylation sites (N-methyl/N-ethyl adjacent to an activating group) is 1. The zero-order chi connectivity index (χ0) is 16.9. The van der Waals surface area contributed by atoms with Gasteiger partial charge in [-0.1, -0.05) is 24.3 Å². The fourth-order valence-electron chi connectivity index (χ4n) is 2.85. The molecule has 1 saturated heterocycles. The van der Waals surface area contributed by atoms with E-state index in [-0.39, 0.29) is 11.7 Å². The van der Waals surface area contributed by atoms with Gasteiger partial charge in [0.25, 0.3) is 0 Å². The van der Waals surface area contributed by atoms with E-state index in [0.29, 0.717) is 5.75 Å². The number of amides is 1. The Balaban J connectivity index is 1.62. The predicted octanol–water partition coefficient (Wildman–Crippen LogP) is 1.97. The van der Waals surface area contributed by atoms with Crippen LogP contribution in [0.4, 0.5) is 0 Å². The Labute approximate surface area is 144 Å². The van der Waals surface area contributed by atoms with E-state index < -0.39 is 10.8 Å². The Morgan fingerprint density at radius 2 is 1.92 bits per heavy atom. The first kappa shape index (κ1) is 16.9. The molecule has 1 aliphatic rings. The van der Waals surface area contributed by atoms with Crippen molar-refractivity contribution in [3.05, 3.63) is 48.4 Å². The van der Waals surface area contributed by atoms with E-state index in [2.05, 4.69) is 4.90 Å². The van der Waals surface area contributed by atoms with E-state index in [1.165, 1.54) is 0 Å². The second-order valence-corrected chi connectivity index (χ2v) is 7.54. The highest BCUT2D eigenvalue weighted by molar-refractivity contribution is 7.84. The number of furan rings is 1. The lowest BCUT2D eigenvalue weighted by atomic mass is 10.0. The van der Waals surface area contributed by atoms with Gasteiger partial charge >= 0.3 is 0 Å². The van der Waals surface area contributed by atoms with E-state index in [4.69, 9.17) is 4.42 Å². The molecule has 5 nitrogen and oxygen atoms in total. The van der Waals surface area contributed by atoms with Crippen LogP contribution >= 0.6 is 0 Å². The van der Waals surface area contributed by atoms with Crippen molar-refractivity contribution in [3.8, 4) is 11.1 Å². The lowest BCUT2D eigenvalue weighted by Gasteiger charge is -2.32. The third-order valence-corrected chi connectivity index (χ3v) is 5.51. The molecule has 0 aliphatic carbocycles. The van der Waals surface area contributed by atoms with Gasteiger partial charge in [-0.15, -0.1) is 0 Å². The first-order valence-corrected chi connectivity index (χ1v) is 9.54. The molecule has 1 aliphatic heterocycles. The summed E-state index contributed by atoms with van der Waals surface area (Å²) in [5.41, 5.74) is 2.95. The molecular weight excluding hydrogens is 324 g/mol. The number of benzene rings is 1. The normalized spacial score (nSPS) is 17.0. The summed E-state index contributed by atoms with van der Waals surface area (Å²) >= 11 is 0. The first-order chi connectivity index (χ1) is 11.6. The fraction of sp³-hybridized carbons (Fsp3) is 0.389. The van der Waals surface area contributed by atoms with Crippen molar-refractivity contribution in [3.63, 3.8) is 0 Å². The minimum atomic E-state index is -1.22. The predicted molar refractivity (Wildman–Crippen MR) is 94.9 cm³/mol. The molecule has 0 saturated carbocycles. The van der Waals surface area contributed by atoms with Gasteiger partial charge in [0.2, 0.25) is 5.91 Å². The van der Waals surface area contributed by atoms with E-state index in [1.54, 1.807) is 12.5 Å². The summed E-state index contributed by atoms with van der Waals surface area (Å²) in [6, 6.07) is 9.71. The molecule has 0 radical (unpaired) electrons.